The number of halogens is 2. The van der Waals surface area contributed by atoms with Gasteiger partial charge in [0.1, 0.15) is 6.33 Å². The van der Waals surface area contributed by atoms with Gasteiger partial charge in [0.05, 0.1) is 5.52 Å². The van der Waals surface area contributed by atoms with Gasteiger partial charge in [-0.25, -0.2) is 14.5 Å². The maximum absolute atomic E-state index is 6.20. The summed E-state index contributed by atoms with van der Waals surface area (Å²) in [7, 11) is 0. The highest BCUT2D eigenvalue weighted by Crippen LogP contribution is 2.22. The number of nitrogens with zero attached hydrogens (tertiary/aromatic N) is 4. The third-order valence-electron chi connectivity index (χ3n) is 3.49. The van der Waals surface area contributed by atoms with Crippen LogP contribution in [0.5, 0.6) is 0 Å². The zero-order valence-corrected chi connectivity index (χ0v) is 12.9. The summed E-state index contributed by atoms with van der Waals surface area (Å²) in [6.45, 7) is 0. The Morgan fingerprint density at radius 2 is 1.91 bits per heavy atom. The zero-order valence-electron chi connectivity index (χ0n) is 11.4. The van der Waals surface area contributed by atoms with Crippen LogP contribution < -0.4 is 0 Å². The highest BCUT2D eigenvalue weighted by Gasteiger charge is 2.10. The average molecular weight is 329 g/mol. The molecule has 0 N–H and O–H groups in total. The van der Waals surface area contributed by atoms with Gasteiger partial charge >= 0.3 is 0 Å². The Morgan fingerprint density at radius 3 is 2.77 bits per heavy atom. The maximum Gasteiger partial charge on any atom is 0.166 e. The van der Waals surface area contributed by atoms with E-state index in [1.165, 1.54) is 0 Å². The molecule has 0 aliphatic rings. The molecule has 2 heterocycles. The van der Waals surface area contributed by atoms with Gasteiger partial charge in [-0.2, -0.15) is 0 Å². The molecule has 2 aromatic carbocycles. The molecular formula is C16H10Cl2N4. The first-order chi connectivity index (χ1) is 10.7. The molecule has 4 nitrogen and oxygen atoms in total. The molecule has 0 bridgehead atoms. The van der Waals surface area contributed by atoms with Gasteiger partial charge in [0, 0.05) is 21.9 Å². The van der Waals surface area contributed by atoms with Crippen LogP contribution in [0.3, 0.4) is 0 Å². The zero-order chi connectivity index (χ0) is 15.1. The van der Waals surface area contributed by atoms with Crippen LogP contribution in [0.25, 0.3) is 16.6 Å². The first-order valence-corrected chi connectivity index (χ1v) is 7.49. The molecule has 108 valence electrons. The van der Waals surface area contributed by atoms with E-state index in [0.717, 1.165) is 22.1 Å². The number of hydrogen-bond donors (Lipinski definition) is 0. The Labute approximate surface area is 136 Å². The molecule has 0 atom stereocenters. The highest BCUT2D eigenvalue weighted by atomic mass is 35.5. The van der Waals surface area contributed by atoms with E-state index in [2.05, 4.69) is 15.1 Å². The van der Waals surface area contributed by atoms with Gasteiger partial charge < -0.3 is 0 Å². The molecular weight excluding hydrogens is 319 g/mol. The average Bonchev–Trinajstić information content (AvgIpc) is 2.92. The third kappa shape index (κ3) is 2.30. The molecule has 0 spiro atoms. The van der Waals surface area contributed by atoms with Crippen molar-refractivity contribution in [3.05, 3.63) is 70.2 Å². The molecule has 22 heavy (non-hydrogen) atoms. The summed E-state index contributed by atoms with van der Waals surface area (Å²) in [6.07, 6.45) is 2.23. The predicted octanol–water partition coefficient (Wildman–Crippen LogP) is 4.18. The Balaban J connectivity index is 1.85. The molecule has 4 aromatic rings. The van der Waals surface area contributed by atoms with Gasteiger partial charge in [-0.15, -0.1) is 5.10 Å². The summed E-state index contributed by atoms with van der Waals surface area (Å²) in [5, 5.41) is 6.72. The van der Waals surface area contributed by atoms with Crippen molar-refractivity contribution < 1.29 is 0 Å². The molecule has 0 radical (unpaired) electrons. The van der Waals surface area contributed by atoms with E-state index < -0.39 is 0 Å². The summed E-state index contributed by atoms with van der Waals surface area (Å²) >= 11 is 12.3. The minimum Gasteiger partial charge on any atom is -0.236 e. The van der Waals surface area contributed by atoms with Gasteiger partial charge in [0.25, 0.3) is 0 Å². The summed E-state index contributed by atoms with van der Waals surface area (Å²) in [6, 6.07) is 13.2. The van der Waals surface area contributed by atoms with Gasteiger partial charge in [0.15, 0.2) is 11.5 Å². The van der Waals surface area contributed by atoms with Crippen molar-refractivity contribution >= 4 is 39.8 Å². The van der Waals surface area contributed by atoms with E-state index >= 15 is 0 Å². The summed E-state index contributed by atoms with van der Waals surface area (Å²) in [5.74, 6) is 0.697. The molecule has 0 fully saturated rings. The van der Waals surface area contributed by atoms with Crippen molar-refractivity contribution in [2.45, 2.75) is 6.42 Å². The topological polar surface area (TPSA) is 43.1 Å². The SMILES string of the molecule is Clc1ccc2ncn3nc(Cc4ccccc4Cl)nc3c2c1. The molecule has 0 aliphatic heterocycles. The maximum atomic E-state index is 6.20. The van der Waals surface area contributed by atoms with Crippen LogP contribution in [0.4, 0.5) is 0 Å². The number of hydrogen-bond acceptors (Lipinski definition) is 3. The third-order valence-corrected chi connectivity index (χ3v) is 4.09. The van der Waals surface area contributed by atoms with Crippen molar-refractivity contribution in [2.24, 2.45) is 0 Å². The molecule has 4 rings (SSSR count). The van der Waals surface area contributed by atoms with Crippen molar-refractivity contribution in [3.8, 4) is 0 Å². The minimum absolute atomic E-state index is 0.573. The Kier molecular flexibility index (Phi) is 3.21. The van der Waals surface area contributed by atoms with E-state index in [0.29, 0.717) is 22.3 Å². The van der Waals surface area contributed by atoms with Crippen LogP contribution in [0.1, 0.15) is 11.4 Å². The second-order valence-electron chi connectivity index (χ2n) is 4.97. The molecule has 2 aromatic heterocycles. The lowest BCUT2D eigenvalue weighted by molar-refractivity contribution is 0.884. The fourth-order valence-corrected chi connectivity index (χ4v) is 2.81. The first kappa shape index (κ1) is 13.5. The molecule has 0 saturated carbocycles. The van der Waals surface area contributed by atoms with Gasteiger partial charge in [-0.3, -0.25) is 0 Å². The lowest BCUT2D eigenvalue weighted by Crippen LogP contribution is -1.93. The second-order valence-corrected chi connectivity index (χ2v) is 5.81. The van der Waals surface area contributed by atoms with Crippen molar-refractivity contribution in [1.82, 2.24) is 19.6 Å². The fraction of sp³-hybridized carbons (Fsp3) is 0.0625. The molecule has 0 amide bonds. The Morgan fingerprint density at radius 1 is 1.05 bits per heavy atom. The lowest BCUT2D eigenvalue weighted by Gasteiger charge is -1.99. The van der Waals surface area contributed by atoms with E-state index in [4.69, 9.17) is 23.2 Å². The quantitative estimate of drug-likeness (QED) is 0.554. The van der Waals surface area contributed by atoms with Crippen molar-refractivity contribution in [1.29, 1.82) is 0 Å². The van der Waals surface area contributed by atoms with E-state index in [-0.39, 0.29) is 0 Å². The van der Waals surface area contributed by atoms with E-state index in [1.807, 2.05) is 42.5 Å². The summed E-state index contributed by atoms with van der Waals surface area (Å²) < 4.78 is 1.67. The minimum atomic E-state index is 0.573. The number of rotatable bonds is 2. The van der Waals surface area contributed by atoms with Gasteiger partial charge in [-0.05, 0) is 29.8 Å². The molecule has 6 heteroatoms. The monoisotopic (exact) mass is 328 g/mol. The van der Waals surface area contributed by atoms with Crippen LogP contribution in [0, 0.1) is 0 Å². The van der Waals surface area contributed by atoms with Crippen molar-refractivity contribution in [2.75, 3.05) is 0 Å². The van der Waals surface area contributed by atoms with E-state index in [1.54, 1.807) is 10.8 Å². The van der Waals surface area contributed by atoms with Crippen LogP contribution in [-0.4, -0.2) is 19.6 Å². The fourth-order valence-electron chi connectivity index (χ4n) is 2.44. The largest absolute Gasteiger partial charge is 0.236 e. The lowest BCUT2D eigenvalue weighted by atomic mass is 10.1. The first-order valence-electron chi connectivity index (χ1n) is 6.73. The van der Waals surface area contributed by atoms with Gasteiger partial charge in [0.2, 0.25) is 0 Å². The molecule has 0 saturated heterocycles. The number of fused-ring (bicyclic) bond motifs is 3. The normalized spacial score (nSPS) is 11.4. The summed E-state index contributed by atoms with van der Waals surface area (Å²) in [5.41, 5.74) is 2.58. The van der Waals surface area contributed by atoms with Crippen LogP contribution in [-0.2, 0) is 6.42 Å². The van der Waals surface area contributed by atoms with E-state index in [9.17, 15) is 0 Å². The molecule has 0 unspecified atom stereocenters. The standard InChI is InChI=1S/C16H10Cl2N4/c17-11-5-6-14-12(8-11)16-20-15(21-22(16)9-19-14)7-10-3-1-2-4-13(10)18/h1-6,8-9H,7H2. The van der Waals surface area contributed by atoms with Crippen molar-refractivity contribution in [3.63, 3.8) is 0 Å². The molecule has 0 aliphatic carbocycles. The van der Waals surface area contributed by atoms with Crippen LogP contribution >= 0.6 is 23.2 Å². The second kappa shape index (κ2) is 5.23. The Hall–Kier alpha value is -2.17. The van der Waals surface area contributed by atoms with Gasteiger partial charge in [-0.1, -0.05) is 41.4 Å². The summed E-state index contributed by atoms with van der Waals surface area (Å²) in [4.78, 5) is 8.98. The van der Waals surface area contributed by atoms with Crippen LogP contribution in [0.15, 0.2) is 48.8 Å². The highest BCUT2D eigenvalue weighted by molar-refractivity contribution is 6.31. The number of benzene rings is 2. The van der Waals surface area contributed by atoms with Crippen LogP contribution in [0.2, 0.25) is 10.0 Å². The number of aromatic nitrogens is 4. The smallest absolute Gasteiger partial charge is 0.166 e. The predicted molar refractivity (Wildman–Crippen MR) is 87.6 cm³/mol. The Bertz CT molecular complexity index is 994.